The predicted octanol–water partition coefficient (Wildman–Crippen LogP) is 2.48. The minimum Gasteiger partial charge on any atom is -0.347 e. The summed E-state index contributed by atoms with van der Waals surface area (Å²) in [5.41, 5.74) is 3.48. The van der Waals surface area contributed by atoms with Crippen LogP contribution in [0, 0.1) is 0 Å². The quantitative estimate of drug-likeness (QED) is 0.902. The average molecular weight is 347 g/mol. The van der Waals surface area contributed by atoms with E-state index in [1.54, 1.807) is 0 Å². The summed E-state index contributed by atoms with van der Waals surface area (Å²) in [5, 5.41) is 3.69. The molecule has 2 aliphatic rings. The minimum absolute atomic E-state index is 0.0618. The van der Waals surface area contributed by atoms with Gasteiger partial charge in [-0.1, -0.05) is 30.3 Å². The first-order chi connectivity index (χ1) is 12.8. The van der Waals surface area contributed by atoms with Crippen LogP contribution in [0.15, 0.2) is 72.1 Å². The molecule has 26 heavy (non-hydrogen) atoms. The summed E-state index contributed by atoms with van der Waals surface area (Å²) in [4.78, 5) is 13.7. The molecule has 0 aliphatic carbocycles. The molecule has 5 nitrogen and oxygen atoms in total. The van der Waals surface area contributed by atoms with Gasteiger partial charge in [-0.15, -0.1) is 0 Å². The summed E-state index contributed by atoms with van der Waals surface area (Å²) >= 11 is 0. The van der Waals surface area contributed by atoms with Gasteiger partial charge in [0.2, 0.25) is 0 Å². The fourth-order valence-corrected chi connectivity index (χ4v) is 3.58. The Morgan fingerprint density at radius 3 is 2.73 bits per heavy atom. The van der Waals surface area contributed by atoms with Gasteiger partial charge in [-0.3, -0.25) is 9.88 Å². The van der Waals surface area contributed by atoms with Gasteiger partial charge in [0.05, 0.1) is 5.71 Å². The fourth-order valence-electron chi connectivity index (χ4n) is 3.58. The number of nitrogens with one attached hydrogen (secondary N) is 1. The summed E-state index contributed by atoms with van der Waals surface area (Å²) in [6.45, 7) is 3.00. The Morgan fingerprint density at radius 1 is 1.12 bits per heavy atom. The Labute approximate surface area is 155 Å². The van der Waals surface area contributed by atoms with E-state index in [1.165, 1.54) is 5.56 Å². The van der Waals surface area contributed by atoms with E-state index in [9.17, 15) is 0 Å². The molecule has 0 amide bonds. The Hall–Kier alpha value is -2.50. The van der Waals surface area contributed by atoms with Crippen LogP contribution < -0.4 is 5.32 Å². The normalized spacial score (nSPS) is 23.3. The molecular weight excluding hydrogens is 322 g/mol. The molecule has 0 saturated carbocycles. The molecule has 1 saturated heterocycles. The molecule has 4 rings (SSSR count). The molecular formula is C21H25N5. The van der Waals surface area contributed by atoms with E-state index < -0.39 is 0 Å². The lowest BCUT2D eigenvalue weighted by molar-refractivity contribution is 0.122. The summed E-state index contributed by atoms with van der Waals surface area (Å²) in [7, 11) is 2.10. The largest absolute Gasteiger partial charge is 0.347 e. The third kappa shape index (κ3) is 3.84. The van der Waals surface area contributed by atoms with Crippen LogP contribution in [-0.2, 0) is 6.54 Å². The zero-order chi connectivity index (χ0) is 17.8. The Morgan fingerprint density at radius 2 is 1.92 bits per heavy atom. The Balaban J connectivity index is 1.39. The third-order valence-corrected chi connectivity index (χ3v) is 5.05. The van der Waals surface area contributed by atoms with Crippen molar-refractivity contribution in [1.82, 2.24) is 20.1 Å². The summed E-state index contributed by atoms with van der Waals surface area (Å²) in [5.74, 6) is 0. The monoisotopic (exact) mass is 347 g/mol. The maximum atomic E-state index is 4.99. The molecule has 1 aromatic carbocycles. The highest BCUT2D eigenvalue weighted by Gasteiger charge is 2.30. The van der Waals surface area contributed by atoms with Gasteiger partial charge in [0, 0.05) is 56.9 Å². The number of rotatable bonds is 5. The van der Waals surface area contributed by atoms with Gasteiger partial charge < -0.3 is 10.2 Å². The summed E-state index contributed by atoms with van der Waals surface area (Å²) in [6, 6.07) is 15.1. The number of nitrogens with zero attached hydrogens (tertiary/aromatic N) is 4. The van der Waals surface area contributed by atoms with Crippen molar-refractivity contribution in [2.75, 3.05) is 20.1 Å². The van der Waals surface area contributed by atoms with Crippen LogP contribution in [0.25, 0.3) is 0 Å². The Kier molecular flexibility index (Phi) is 5.09. The molecule has 1 unspecified atom stereocenters. The Bertz CT molecular complexity index is 772. The van der Waals surface area contributed by atoms with E-state index in [-0.39, 0.29) is 6.29 Å². The lowest BCUT2D eigenvalue weighted by atomic mass is 10.1. The number of aromatic nitrogens is 1. The van der Waals surface area contributed by atoms with E-state index in [0.717, 1.165) is 37.3 Å². The van der Waals surface area contributed by atoms with Crippen LogP contribution in [0.3, 0.4) is 0 Å². The SMILES string of the molecule is CN1C=CC(c2ccncc2)=NC1N1CC[C@H](NCc2ccccc2)C1. The number of allylic oxidation sites excluding steroid dienone is 1. The standard InChI is InChI=1S/C21H25N5/c1-25-13-10-20(18-7-11-22-12-8-18)24-21(25)26-14-9-19(16-26)23-15-17-5-3-2-4-6-17/h2-8,10-13,19,21,23H,9,14-16H2,1H3/t19-,21?/m0/s1. The third-order valence-electron chi connectivity index (χ3n) is 5.05. The maximum absolute atomic E-state index is 4.99. The molecule has 5 heteroatoms. The van der Waals surface area contributed by atoms with Crippen molar-refractivity contribution < 1.29 is 0 Å². The van der Waals surface area contributed by atoms with Crippen molar-refractivity contribution in [3.05, 3.63) is 78.3 Å². The van der Waals surface area contributed by atoms with Gasteiger partial charge in [0.15, 0.2) is 6.29 Å². The molecule has 1 aromatic heterocycles. The molecule has 2 atom stereocenters. The highest BCUT2D eigenvalue weighted by atomic mass is 15.4. The zero-order valence-corrected chi connectivity index (χ0v) is 15.1. The molecule has 1 fully saturated rings. The van der Waals surface area contributed by atoms with Crippen LogP contribution >= 0.6 is 0 Å². The van der Waals surface area contributed by atoms with Gasteiger partial charge in [-0.05, 0) is 30.2 Å². The van der Waals surface area contributed by atoms with Crippen LogP contribution in [0.4, 0.5) is 0 Å². The molecule has 1 N–H and O–H groups in total. The van der Waals surface area contributed by atoms with Crippen molar-refractivity contribution in [1.29, 1.82) is 0 Å². The van der Waals surface area contributed by atoms with Gasteiger partial charge in [-0.25, -0.2) is 4.99 Å². The van der Waals surface area contributed by atoms with E-state index in [2.05, 4.69) is 69.8 Å². The van der Waals surface area contributed by atoms with Crippen molar-refractivity contribution >= 4 is 5.71 Å². The number of aliphatic imine (C=N–C) groups is 1. The number of hydrogen-bond acceptors (Lipinski definition) is 5. The van der Waals surface area contributed by atoms with Gasteiger partial charge in [0.25, 0.3) is 0 Å². The second-order valence-corrected chi connectivity index (χ2v) is 6.92. The molecule has 0 spiro atoms. The second kappa shape index (κ2) is 7.81. The molecule has 134 valence electrons. The zero-order valence-electron chi connectivity index (χ0n) is 15.1. The number of pyridine rings is 1. The van der Waals surface area contributed by atoms with Crippen LogP contribution in [0.5, 0.6) is 0 Å². The first-order valence-corrected chi connectivity index (χ1v) is 9.19. The topological polar surface area (TPSA) is 43.8 Å². The highest BCUT2D eigenvalue weighted by molar-refractivity contribution is 6.08. The van der Waals surface area contributed by atoms with Crippen molar-refractivity contribution in [3.8, 4) is 0 Å². The number of hydrogen-bond donors (Lipinski definition) is 1. The molecule has 0 radical (unpaired) electrons. The van der Waals surface area contributed by atoms with E-state index in [1.807, 2.05) is 24.5 Å². The predicted molar refractivity (Wildman–Crippen MR) is 105 cm³/mol. The number of benzene rings is 1. The lowest BCUT2D eigenvalue weighted by Crippen LogP contribution is -2.45. The maximum Gasteiger partial charge on any atom is 0.178 e. The van der Waals surface area contributed by atoms with E-state index in [4.69, 9.17) is 4.99 Å². The molecule has 2 aliphatic heterocycles. The molecule has 0 bridgehead atoms. The summed E-state index contributed by atoms with van der Waals surface area (Å²) in [6.07, 6.45) is 9.05. The van der Waals surface area contributed by atoms with E-state index >= 15 is 0 Å². The highest BCUT2D eigenvalue weighted by Crippen LogP contribution is 2.20. The lowest BCUT2D eigenvalue weighted by Gasteiger charge is -2.34. The molecule has 3 heterocycles. The minimum atomic E-state index is 0.0618. The van der Waals surface area contributed by atoms with Crippen LogP contribution in [0.1, 0.15) is 17.5 Å². The fraction of sp³-hybridized carbons (Fsp3) is 0.333. The van der Waals surface area contributed by atoms with Gasteiger partial charge >= 0.3 is 0 Å². The van der Waals surface area contributed by atoms with Crippen LogP contribution in [-0.4, -0.2) is 53.0 Å². The first-order valence-electron chi connectivity index (χ1n) is 9.19. The first kappa shape index (κ1) is 16.9. The van der Waals surface area contributed by atoms with Crippen molar-refractivity contribution in [2.45, 2.75) is 25.3 Å². The van der Waals surface area contributed by atoms with Crippen molar-refractivity contribution in [2.24, 2.45) is 4.99 Å². The average Bonchev–Trinajstić information content (AvgIpc) is 3.17. The second-order valence-electron chi connectivity index (χ2n) is 6.92. The van der Waals surface area contributed by atoms with E-state index in [0.29, 0.717) is 6.04 Å². The van der Waals surface area contributed by atoms with Gasteiger partial charge in [0.1, 0.15) is 0 Å². The van der Waals surface area contributed by atoms with Crippen molar-refractivity contribution in [3.63, 3.8) is 0 Å². The van der Waals surface area contributed by atoms with Gasteiger partial charge in [-0.2, -0.15) is 0 Å². The number of likely N-dealkylation sites (tertiary alicyclic amines) is 1. The smallest absolute Gasteiger partial charge is 0.178 e. The molecule has 2 aromatic rings. The van der Waals surface area contributed by atoms with Crippen LogP contribution in [0.2, 0.25) is 0 Å². The summed E-state index contributed by atoms with van der Waals surface area (Å²) < 4.78 is 0.